The topological polar surface area (TPSA) is 115 Å². The number of nitrogens with two attached hydrogens (primary N) is 1. The van der Waals surface area contributed by atoms with Crippen molar-refractivity contribution in [2.24, 2.45) is 5.73 Å². The van der Waals surface area contributed by atoms with E-state index in [4.69, 9.17) is 20.4 Å². The van der Waals surface area contributed by atoms with E-state index in [0.717, 1.165) is 9.35 Å². The molecule has 0 unspecified atom stereocenters. The largest absolute Gasteiger partial charge is 0.492 e. The lowest BCUT2D eigenvalue weighted by Crippen LogP contribution is -2.21. The van der Waals surface area contributed by atoms with Crippen LogP contribution in [0.3, 0.4) is 0 Å². The van der Waals surface area contributed by atoms with Gasteiger partial charge in [0.25, 0.3) is 5.91 Å². The molecule has 0 bridgehead atoms. The fourth-order valence-corrected chi connectivity index (χ4v) is 2.83. The average Bonchev–Trinajstić information content (AvgIpc) is 2.92. The number of thiophene rings is 1. The number of anilines is 1. The van der Waals surface area contributed by atoms with E-state index >= 15 is 0 Å². The van der Waals surface area contributed by atoms with Gasteiger partial charge in [0.1, 0.15) is 18.2 Å². The number of amides is 1. The molecular formula is C15H15BrF3N3O4S. The molecule has 0 saturated heterocycles. The summed E-state index contributed by atoms with van der Waals surface area (Å²) < 4.78 is 38.1. The molecule has 0 saturated carbocycles. The normalized spacial score (nSPS) is 10.6. The highest BCUT2D eigenvalue weighted by Gasteiger charge is 2.38. The third-order valence-corrected chi connectivity index (χ3v) is 4.85. The molecular weight excluding hydrogens is 455 g/mol. The van der Waals surface area contributed by atoms with Gasteiger partial charge in [-0.1, -0.05) is 0 Å². The summed E-state index contributed by atoms with van der Waals surface area (Å²) >= 11 is 4.88. The van der Waals surface area contributed by atoms with Crippen LogP contribution in [0.15, 0.2) is 27.5 Å². The minimum atomic E-state index is -5.08. The molecule has 27 heavy (non-hydrogen) atoms. The van der Waals surface area contributed by atoms with Crippen molar-refractivity contribution in [2.75, 3.05) is 18.5 Å². The fraction of sp³-hybridized carbons (Fsp3) is 0.267. The number of ether oxygens (including phenoxy) is 1. The smallest absolute Gasteiger partial charge is 0.490 e. The lowest BCUT2D eigenvalue weighted by atomic mass is 10.2. The summed E-state index contributed by atoms with van der Waals surface area (Å²) in [7, 11) is 0. The van der Waals surface area contributed by atoms with Crippen molar-refractivity contribution in [1.29, 1.82) is 0 Å². The molecule has 2 aromatic rings. The fourth-order valence-electron chi connectivity index (χ4n) is 1.55. The Balaban J connectivity index is 0.000000445. The first kappa shape index (κ1) is 22.9. The number of alkyl halides is 3. The van der Waals surface area contributed by atoms with Crippen LogP contribution in [-0.4, -0.2) is 41.3 Å². The summed E-state index contributed by atoms with van der Waals surface area (Å²) in [5.41, 5.74) is 6.93. The third-order valence-electron chi connectivity index (χ3n) is 2.83. The van der Waals surface area contributed by atoms with Gasteiger partial charge in [-0.25, -0.2) is 9.78 Å². The summed E-state index contributed by atoms with van der Waals surface area (Å²) in [6, 6.07) is 3.39. The molecule has 0 atom stereocenters. The number of carboxylic acids is 1. The van der Waals surface area contributed by atoms with Crippen LogP contribution in [0.2, 0.25) is 0 Å². The number of pyridine rings is 1. The Morgan fingerprint density at radius 1 is 1.44 bits per heavy atom. The van der Waals surface area contributed by atoms with E-state index in [1.807, 2.05) is 12.3 Å². The molecule has 0 aliphatic rings. The van der Waals surface area contributed by atoms with Crippen molar-refractivity contribution in [3.63, 3.8) is 0 Å². The molecule has 2 aromatic heterocycles. The maximum absolute atomic E-state index is 12.1. The maximum atomic E-state index is 12.1. The number of nitrogens with zero attached hydrogens (tertiary/aromatic N) is 1. The van der Waals surface area contributed by atoms with Crippen molar-refractivity contribution in [3.05, 3.63) is 38.6 Å². The van der Waals surface area contributed by atoms with Crippen LogP contribution in [-0.2, 0) is 4.79 Å². The number of carboxylic acid groups (broad SMARTS) is 1. The van der Waals surface area contributed by atoms with Gasteiger partial charge in [-0.3, -0.25) is 4.79 Å². The van der Waals surface area contributed by atoms with Crippen molar-refractivity contribution in [3.8, 4) is 5.75 Å². The van der Waals surface area contributed by atoms with E-state index < -0.39 is 12.1 Å². The molecule has 2 heterocycles. The molecule has 0 fully saturated rings. The number of carbonyl (C=O) groups excluding carboxylic acids is 1. The molecule has 12 heteroatoms. The van der Waals surface area contributed by atoms with Gasteiger partial charge in [-0.2, -0.15) is 13.2 Å². The minimum Gasteiger partial charge on any atom is -0.492 e. The quantitative estimate of drug-likeness (QED) is 0.617. The maximum Gasteiger partial charge on any atom is 0.490 e. The zero-order valence-electron chi connectivity index (χ0n) is 13.8. The van der Waals surface area contributed by atoms with Crippen LogP contribution >= 0.6 is 27.3 Å². The minimum absolute atomic E-state index is 0.187. The summed E-state index contributed by atoms with van der Waals surface area (Å²) in [4.78, 5) is 25.1. The van der Waals surface area contributed by atoms with Crippen LogP contribution in [0.25, 0.3) is 0 Å². The number of rotatable bonds is 5. The Labute approximate surface area is 164 Å². The summed E-state index contributed by atoms with van der Waals surface area (Å²) in [6.45, 7) is 2.75. The number of nitrogens with one attached hydrogen (secondary N) is 1. The Morgan fingerprint density at radius 2 is 2.07 bits per heavy atom. The van der Waals surface area contributed by atoms with Gasteiger partial charge in [0.2, 0.25) is 0 Å². The summed E-state index contributed by atoms with van der Waals surface area (Å²) in [5.74, 6) is -1.87. The highest BCUT2D eigenvalue weighted by molar-refractivity contribution is 9.11. The van der Waals surface area contributed by atoms with Crippen LogP contribution in [0.1, 0.15) is 15.9 Å². The number of carbonyl (C=O) groups is 2. The Hall–Kier alpha value is -2.18. The van der Waals surface area contributed by atoms with Gasteiger partial charge in [0.15, 0.2) is 0 Å². The zero-order chi connectivity index (χ0) is 20.6. The van der Waals surface area contributed by atoms with Gasteiger partial charge >= 0.3 is 12.1 Å². The molecule has 7 nitrogen and oxygen atoms in total. The molecule has 0 radical (unpaired) electrons. The van der Waals surface area contributed by atoms with Gasteiger partial charge in [0, 0.05) is 24.2 Å². The van der Waals surface area contributed by atoms with Crippen molar-refractivity contribution >= 4 is 45.0 Å². The summed E-state index contributed by atoms with van der Waals surface area (Å²) in [5, 5.41) is 11.7. The second-order valence-corrected chi connectivity index (χ2v) is 7.02. The molecule has 0 spiro atoms. The van der Waals surface area contributed by atoms with Gasteiger partial charge in [0.05, 0.1) is 9.35 Å². The molecule has 0 aliphatic heterocycles. The van der Waals surface area contributed by atoms with Crippen molar-refractivity contribution in [1.82, 2.24) is 4.98 Å². The average molecular weight is 470 g/mol. The van der Waals surface area contributed by atoms with Gasteiger partial charge in [-0.15, -0.1) is 11.3 Å². The number of halogens is 4. The van der Waals surface area contributed by atoms with Crippen LogP contribution in [0, 0.1) is 6.92 Å². The Morgan fingerprint density at radius 3 is 2.56 bits per heavy atom. The predicted octanol–water partition coefficient (Wildman–Crippen LogP) is 3.44. The number of hydrogen-bond acceptors (Lipinski definition) is 6. The zero-order valence-corrected chi connectivity index (χ0v) is 16.2. The second kappa shape index (κ2) is 10.2. The van der Waals surface area contributed by atoms with Crippen LogP contribution in [0.5, 0.6) is 5.75 Å². The monoisotopic (exact) mass is 469 g/mol. The van der Waals surface area contributed by atoms with Crippen LogP contribution in [0.4, 0.5) is 19.0 Å². The Bertz CT molecular complexity index is 799. The number of hydrogen-bond donors (Lipinski definition) is 3. The van der Waals surface area contributed by atoms with E-state index in [1.54, 1.807) is 18.3 Å². The second-order valence-electron chi connectivity index (χ2n) is 4.82. The molecule has 0 aliphatic carbocycles. The first-order valence-electron chi connectivity index (χ1n) is 7.20. The lowest BCUT2D eigenvalue weighted by molar-refractivity contribution is -0.192. The highest BCUT2D eigenvalue weighted by Crippen LogP contribution is 2.27. The standard InChI is InChI=1S/C13H14BrN3O2S.C2HF3O2/c1-8-10(7-20-12(8)14)13(18)17-11-6-9(2-4-16-11)19-5-3-15;3-2(4,5)1(6)7/h2,4,6-7H,3,5,15H2,1H3,(H,16,17,18);(H,6,7). The highest BCUT2D eigenvalue weighted by atomic mass is 79.9. The van der Waals surface area contributed by atoms with Crippen LogP contribution < -0.4 is 15.8 Å². The van der Waals surface area contributed by atoms with Gasteiger partial charge in [-0.05, 0) is 34.5 Å². The molecule has 0 aromatic carbocycles. The first-order valence-corrected chi connectivity index (χ1v) is 8.87. The van der Waals surface area contributed by atoms with E-state index in [0.29, 0.717) is 30.3 Å². The molecule has 148 valence electrons. The van der Waals surface area contributed by atoms with Crippen molar-refractivity contribution < 1.29 is 32.6 Å². The van der Waals surface area contributed by atoms with E-state index in [2.05, 4.69) is 26.2 Å². The van der Waals surface area contributed by atoms with E-state index in [9.17, 15) is 18.0 Å². The van der Waals surface area contributed by atoms with Gasteiger partial charge < -0.3 is 20.9 Å². The lowest BCUT2D eigenvalue weighted by Gasteiger charge is -2.07. The Kier molecular flexibility index (Phi) is 8.66. The predicted molar refractivity (Wildman–Crippen MR) is 97.2 cm³/mol. The summed E-state index contributed by atoms with van der Waals surface area (Å²) in [6.07, 6.45) is -3.50. The van der Waals surface area contributed by atoms with E-state index in [-0.39, 0.29) is 5.91 Å². The number of aliphatic carboxylic acids is 1. The third kappa shape index (κ3) is 7.53. The van der Waals surface area contributed by atoms with E-state index in [1.165, 1.54) is 11.3 Å². The number of aromatic nitrogens is 1. The molecule has 4 N–H and O–H groups in total. The molecule has 2 rings (SSSR count). The first-order chi connectivity index (χ1) is 12.6. The SMILES string of the molecule is Cc1c(C(=O)Nc2cc(OCCN)ccn2)csc1Br.O=C(O)C(F)(F)F. The molecule has 1 amide bonds. The van der Waals surface area contributed by atoms with Crippen molar-refractivity contribution in [2.45, 2.75) is 13.1 Å².